The Labute approximate surface area is 183 Å². The van der Waals surface area contributed by atoms with Crippen LogP contribution in [0.5, 0.6) is 0 Å². The fourth-order valence-electron chi connectivity index (χ4n) is 3.56. The molecule has 1 saturated heterocycles. The van der Waals surface area contributed by atoms with Gasteiger partial charge in [-0.25, -0.2) is 17.4 Å². The lowest BCUT2D eigenvalue weighted by atomic mass is 9.92. The lowest BCUT2D eigenvalue weighted by Gasteiger charge is -2.33. The Morgan fingerprint density at radius 2 is 1.61 bits per heavy atom. The molecule has 0 radical (unpaired) electrons. The molecule has 2 heterocycles. The van der Waals surface area contributed by atoms with Crippen molar-refractivity contribution in [1.29, 1.82) is 0 Å². The largest absolute Gasteiger partial charge is 0.338 e. The smallest absolute Gasteiger partial charge is 0.267 e. The van der Waals surface area contributed by atoms with Crippen LogP contribution in [0.1, 0.15) is 55.7 Å². The van der Waals surface area contributed by atoms with E-state index in [1.165, 1.54) is 26.2 Å². The Hall–Kier alpha value is -2.52. The molecule has 0 saturated carbocycles. The van der Waals surface area contributed by atoms with Crippen LogP contribution in [0.25, 0.3) is 0 Å². The number of nitrogens with zero attached hydrogens (tertiary/aromatic N) is 4. The van der Waals surface area contributed by atoms with Gasteiger partial charge in [-0.05, 0) is 43.2 Å². The molecule has 1 fully saturated rings. The zero-order valence-corrected chi connectivity index (χ0v) is 19.5. The zero-order chi connectivity index (χ0) is 23.0. The van der Waals surface area contributed by atoms with E-state index in [2.05, 4.69) is 25.9 Å². The lowest BCUT2D eigenvalue weighted by Crippen LogP contribution is -2.41. The number of benzene rings is 1. The van der Waals surface area contributed by atoms with Crippen LogP contribution in [0.2, 0.25) is 0 Å². The van der Waals surface area contributed by atoms with Gasteiger partial charge in [0.05, 0.1) is 16.6 Å². The topological polar surface area (TPSA) is 92.6 Å². The first-order valence-electron chi connectivity index (χ1n) is 10.3. The summed E-state index contributed by atoms with van der Waals surface area (Å²) in [6, 6.07) is 9.29. The molecule has 0 spiro atoms. The average Bonchev–Trinajstić information content (AvgIpc) is 2.73. The molecule has 0 N–H and O–H groups in total. The van der Waals surface area contributed by atoms with Gasteiger partial charge in [-0.1, -0.05) is 20.8 Å². The molecule has 0 aliphatic carbocycles. The molecule has 31 heavy (non-hydrogen) atoms. The van der Waals surface area contributed by atoms with E-state index < -0.39 is 10.0 Å². The maximum Gasteiger partial charge on any atom is 0.267 e. The Bertz CT molecular complexity index is 1110. The van der Waals surface area contributed by atoms with Crippen molar-refractivity contribution in [2.45, 2.75) is 50.0 Å². The first kappa shape index (κ1) is 23.1. The van der Waals surface area contributed by atoms with Crippen molar-refractivity contribution in [2.24, 2.45) is 0 Å². The number of likely N-dealkylation sites (tertiary alicyclic amines) is 1. The van der Waals surface area contributed by atoms with Gasteiger partial charge < -0.3 is 4.90 Å². The molecule has 3 rings (SSSR count). The van der Waals surface area contributed by atoms with Gasteiger partial charge in [-0.2, -0.15) is 5.10 Å². The van der Waals surface area contributed by atoms with E-state index in [1.54, 1.807) is 33.8 Å². The summed E-state index contributed by atoms with van der Waals surface area (Å²) in [7, 11) is -0.595. The van der Waals surface area contributed by atoms with Crippen molar-refractivity contribution in [3.8, 4) is 0 Å². The first-order valence-corrected chi connectivity index (χ1v) is 11.8. The molecule has 2 aromatic rings. The van der Waals surface area contributed by atoms with Crippen LogP contribution in [0, 0.1) is 0 Å². The molecular weight excluding hydrogens is 416 g/mol. The van der Waals surface area contributed by atoms with Crippen molar-refractivity contribution in [1.82, 2.24) is 19.0 Å². The summed E-state index contributed by atoms with van der Waals surface area (Å²) in [5.74, 6) is -0.143. The Balaban J connectivity index is 1.70. The van der Waals surface area contributed by atoms with Crippen LogP contribution in [0.15, 0.2) is 46.1 Å². The van der Waals surface area contributed by atoms with E-state index in [0.29, 0.717) is 31.5 Å². The highest BCUT2D eigenvalue weighted by Gasteiger charge is 2.27. The standard InChI is InChI=1S/C22H30N4O4S/c1-22(2,3)19-10-11-20(27)26(23-19)17-12-14-25(15-13-17)21(28)16-6-8-18(9-7-16)31(29,30)24(4)5/h6-11,17H,12-15H2,1-5H3. The lowest BCUT2D eigenvalue weighted by molar-refractivity contribution is 0.0687. The summed E-state index contributed by atoms with van der Waals surface area (Å²) in [6.45, 7) is 7.19. The molecule has 0 bridgehead atoms. The summed E-state index contributed by atoms with van der Waals surface area (Å²) >= 11 is 0. The van der Waals surface area contributed by atoms with E-state index in [0.717, 1.165) is 10.00 Å². The van der Waals surface area contributed by atoms with E-state index in [4.69, 9.17) is 0 Å². The highest BCUT2D eigenvalue weighted by molar-refractivity contribution is 7.89. The van der Waals surface area contributed by atoms with Crippen molar-refractivity contribution >= 4 is 15.9 Å². The van der Waals surface area contributed by atoms with Gasteiger partial charge in [-0.15, -0.1) is 0 Å². The SMILES string of the molecule is CN(C)S(=O)(=O)c1ccc(C(=O)N2CCC(n3nc(C(C)(C)C)ccc3=O)CC2)cc1. The zero-order valence-electron chi connectivity index (χ0n) is 18.7. The number of hydrogen-bond donors (Lipinski definition) is 0. The molecule has 1 aliphatic heterocycles. The van der Waals surface area contributed by atoms with Gasteiger partial charge in [-0.3, -0.25) is 9.59 Å². The highest BCUT2D eigenvalue weighted by atomic mass is 32.2. The van der Waals surface area contributed by atoms with Crippen LogP contribution >= 0.6 is 0 Å². The number of hydrogen-bond acceptors (Lipinski definition) is 5. The molecule has 168 valence electrons. The Morgan fingerprint density at radius 3 is 2.13 bits per heavy atom. The predicted octanol–water partition coefficient (Wildman–Crippen LogP) is 2.27. The molecule has 9 heteroatoms. The highest BCUT2D eigenvalue weighted by Crippen LogP contribution is 2.24. The second kappa shape index (κ2) is 8.55. The summed E-state index contributed by atoms with van der Waals surface area (Å²) in [5, 5.41) is 4.58. The van der Waals surface area contributed by atoms with Crippen LogP contribution in [0.3, 0.4) is 0 Å². The van der Waals surface area contributed by atoms with Gasteiger partial charge in [0.25, 0.3) is 11.5 Å². The van der Waals surface area contributed by atoms with Crippen LogP contribution in [-0.2, 0) is 15.4 Å². The molecule has 0 unspecified atom stereocenters. The van der Waals surface area contributed by atoms with Crippen molar-refractivity contribution in [3.63, 3.8) is 0 Å². The van der Waals surface area contributed by atoms with Gasteiger partial charge in [0.1, 0.15) is 0 Å². The molecule has 1 amide bonds. The maximum absolute atomic E-state index is 12.9. The van der Waals surface area contributed by atoms with Crippen molar-refractivity contribution < 1.29 is 13.2 Å². The fourth-order valence-corrected chi connectivity index (χ4v) is 4.46. The Morgan fingerprint density at radius 1 is 1.03 bits per heavy atom. The third-order valence-electron chi connectivity index (χ3n) is 5.57. The molecule has 1 aliphatic rings. The Kier molecular flexibility index (Phi) is 6.38. The van der Waals surface area contributed by atoms with E-state index >= 15 is 0 Å². The van der Waals surface area contributed by atoms with E-state index in [1.807, 2.05) is 0 Å². The number of aromatic nitrogens is 2. The van der Waals surface area contributed by atoms with Crippen LogP contribution in [-0.4, -0.2) is 60.5 Å². The van der Waals surface area contributed by atoms with Gasteiger partial charge >= 0.3 is 0 Å². The van der Waals surface area contributed by atoms with Crippen LogP contribution < -0.4 is 5.56 Å². The van der Waals surface area contributed by atoms with Gasteiger partial charge in [0.15, 0.2) is 0 Å². The number of rotatable bonds is 4. The second-order valence-electron chi connectivity index (χ2n) is 9.09. The molecule has 8 nitrogen and oxygen atoms in total. The summed E-state index contributed by atoms with van der Waals surface area (Å²) in [4.78, 5) is 27.1. The molecule has 1 aromatic carbocycles. The predicted molar refractivity (Wildman–Crippen MR) is 119 cm³/mol. The summed E-state index contributed by atoms with van der Waals surface area (Å²) < 4.78 is 27.1. The van der Waals surface area contributed by atoms with Crippen LogP contribution in [0.4, 0.5) is 0 Å². The summed E-state index contributed by atoms with van der Waals surface area (Å²) in [5.41, 5.74) is 1.02. The first-order chi connectivity index (χ1) is 14.4. The monoisotopic (exact) mass is 446 g/mol. The summed E-state index contributed by atoms with van der Waals surface area (Å²) in [6.07, 6.45) is 1.28. The minimum atomic E-state index is -3.53. The van der Waals surface area contributed by atoms with E-state index in [-0.39, 0.29) is 27.8 Å². The van der Waals surface area contributed by atoms with Gasteiger partial charge in [0, 0.05) is 44.2 Å². The minimum absolute atomic E-state index is 0.0496. The van der Waals surface area contributed by atoms with Crippen molar-refractivity contribution in [3.05, 3.63) is 58.0 Å². The number of piperidine rings is 1. The number of amides is 1. The van der Waals surface area contributed by atoms with E-state index in [9.17, 15) is 18.0 Å². The second-order valence-corrected chi connectivity index (χ2v) is 11.2. The third-order valence-corrected chi connectivity index (χ3v) is 7.40. The quantitative estimate of drug-likeness (QED) is 0.718. The maximum atomic E-state index is 12.9. The average molecular weight is 447 g/mol. The third kappa shape index (κ3) is 4.88. The fraction of sp³-hybridized carbons (Fsp3) is 0.500. The normalized spacial score (nSPS) is 16.0. The molecule has 0 atom stereocenters. The van der Waals surface area contributed by atoms with Crippen molar-refractivity contribution in [2.75, 3.05) is 27.2 Å². The molecule has 1 aromatic heterocycles. The minimum Gasteiger partial charge on any atom is -0.338 e. The molecular formula is C22H30N4O4S. The number of sulfonamides is 1. The van der Waals surface area contributed by atoms with Gasteiger partial charge in [0.2, 0.25) is 10.0 Å². The number of carbonyl (C=O) groups excluding carboxylic acids is 1. The number of carbonyl (C=O) groups is 1.